The van der Waals surface area contributed by atoms with Crippen molar-refractivity contribution in [2.45, 2.75) is 45.8 Å². The molecule has 1 aromatic carbocycles. The fourth-order valence-corrected chi connectivity index (χ4v) is 3.56. The van der Waals surface area contributed by atoms with Gasteiger partial charge in [-0.1, -0.05) is 26.0 Å². The van der Waals surface area contributed by atoms with Crippen LogP contribution in [0.1, 0.15) is 53.7 Å². The molecule has 0 bridgehead atoms. The average Bonchev–Trinajstić information content (AvgIpc) is 3.19. The van der Waals surface area contributed by atoms with Gasteiger partial charge in [0.2, 0.25) is 5.91 Å². The Bertz CT molecular complexity index is 1020. The Morgan fingerprint density at radius 1 is 1.25 bits per heavy atom. The maximum atomic E-state index is 12.9. The lowest BCUT2D eigenvalue weighted by molar-refractivity contribution is -0.132. The van der Waals surface area contributed by atoms with Gasteiger partial charge in [-0.15, -0.1) is 0 Å². The number of hydrogen-bond acceptors (Lipinski definition) is 5. The third-order valence-corrected chi connectivity index (χ3v) is 5.82. The highest BCUT2D eigenvalue weighted by molar-refractivity contribution is 6.01. The van der Waals surface area contributed by atoms with E-state index in [1.807, 2.05) is 24.3 Å². The van der Waals surface area contributed by atoms with Gasteiger partial charge in [0.25, 0.3) is 11.8 Å². The van der Waals surface area contributed by atoms with Crippen molar-refractivity contribution >= 4 is 17.7 Å². The molecule has 3 amide bonds. The van der Waals surface area contributed by atoms with Crippen molar-refractivity contribution in [1.29, 1.82) is 0 Å². The molecule has 3 rings (SSSR count). The van der Waals surface area contributed by atoms with Crippen molar-refractivity contribution < 1.29 is 19.1 Å². The topological polar surface area (TPSA) is 106 Å². The van der Waals surface area contributed by atoms with Crippen LogP contribution in [0.3, 0.4) is 0 Å². The SMILES string of the molecule is COc1cccc(CNC(=O)c2cc3n(n2)C[C@@](C)(C(=O)NCCC(C)C)N(C)C3=O)c1. The van der Waals surface area contributed by atoms with Crippen LogP contribution in [0.2, 0.25) is 0 Å². The molecule has 1 aliphatic rings. The average molecular weight is 442 g/mol. The number of rotatable bonds is 8. The number of aromatic nitrogens is 2. The molecular formula is C23H31N5O4. The molecule has 0 saturated carbocycles. The number of likely N-dealkylation sites (N-methyl/N-ethyl adjacent to an activating group) is 1. The van der Waals surface area contributed by atoms with E-state index in [1.165, 1.54) is 15.6 Å². The molecule has 0 saturated heterocycles. The first-order valence-corrected chi connectivity index (χ1v) is 10.7. The van der Waals surface area contributed by atoms with Crippen molar-refractivity contribution in [3.63, 3.8) is 0 Å². The van der Waals surface area contributed by atoms with Crippen LogP contribution < -0.4 is 15.4 Å². The summed E-state index contributed by atoms with van der Waals surface area (Å²) in [5.74, 6) is 0.183. The van der Waals surface area contributed by atoms with Gasteiger partial charge in [-0.3, -0.25) is 19.1 Å². The van der Waals surface area contributed by atoms with Gasteiger partial charge in [0.1, 0.15) is 17.0 Å². The lowest BCUT2D eigenvalue weighted by atomic mass is 9.95. The van der Waals surface area contributed by atoms with Crippen LogP contribution >= 0.6 is 0 Å². The Hall–Kier alpha value is -3.36. The largest absolute Gasteiger partial charge is 0.497 e. The zero-order valence-corrected chi connectivity index (χ0v) is 19.3. The van der Waals surface area contributed by atoms with Crippen LogP contribution in [-0.2, 0) is 17.9 Å². The van der Waals surface area contributed by atoms with E-state index < -0.39 is 11.4 Å². The van der Waals surface area contributed by atoms with Crippen LogP contribution in [0.4, 0.5) is 0 Å². The van der Waals surface area contributed by atoms with Gasteiger partial charge >= 0.3 is 0 Å². The summed E-state index contributed by atoms with van der Waals surface area (Å²) in [4.78, 5) is 39.9. The van der Waals surface area contributed by atoms with Gasteiger partial charge in [0.05, 0.1) is 13.7 Å². The number of methoxy groups -OCH3 is 1. The molecule has 0 unspecified atom stereocenters. The molecule has 2 N–H and O–H groups in total. The number of hydrogen-bond donors (Lipinski definition) is 2. The van der Waals surface area contributed by atoms with E-state index in [9.17, 15) is 14.4 Å². The molecular weight excluding hydrogens is 410 g/mol. The van der Waals surface area contributed by atoms with Crippen molar-refractivity contribution in [3.8, 4) is 5.75 Å². The van der Waals surface area contributed by atoms with Gasteiger partial charge in [-0.25, -0.2) is 0 Å². The summed E-state index contributed by atoms with van der Waals surface area (Å²) in [6, 6.07) is 8.85. The highest BCUT2D eigenvalue weighted by Gasteiger charge is 2.46. The molecule has 32 heavy (non-hydrogen) atoms. The second-order valence-corrected chi connectivity index (χ2v) is 8.68. The Kier molecular flexibility index (Phi) is 6.86. The van der Waals surface area contributed by atoms with E-state index in [0.717, 1.165) is 12.0 Å². The molecule has 0 spiro atoms. The fraction of sp³-hybridized carbons (Fsp3) is 0.478. The van der Waals surface area contributed by atoms with Crippen molar-refractivity contribution in [3.05, 3.63) is 47.3 Å². The first kappa shape index (κ1) is 23.3. The summed E-state index contributed by atoms with van der Waals surface area (Å²) in [7, 11) is 3.18. The van der Waals surface area contributed by atoms with Crippen LogP contribution in [0.5, 0.6) is 5.75 Å². The summed E-state index contributed by atoms with van der Waals surface area (Å²) in [6.45, 7) is 6.88. The monoisotopic (exact) mass is 441 g/mol. The van der Waals surface area contributed by atoms with Gasteiger partial charge in [0, 0.05) is 26.2 Å². The quantitative estimate of drug-likeness (QED) is 0.650. The molecule has 1 aliphatic heterocycles. The fourth-order valence-electron chi connectivity index (χ4n) is 3.56. The number of ether oxygens (including phenoxy) is 1. The van der Waals surface area contributed by atoms with E-state index in [4.69, 9.17) is 4.74 Å². The van der Waals surface area contributed by atoms with Gasteiger partial charge < -0.3 is 20.3 Å². The smallest absolute Gasteiger partial charge is 0.272 e. The van der Waals surface area contributed by atoms with E-state index in [2.05, 4.69) is 29.6 Å². The molecule has 1 atom stereocenters. The lowest BCUT2D eigenvalue weighted by Crippen LogP contribution is -2.62. The normalized spacial score (nSPS) is 17.8. The van der Waals surface area contributed by atoms with Gasteiger partial charge in [-0.05, 0) is 37.0 Å². The Balaban J connectivity index is 1.72. The standard InChI is InChI=1S/C23H31N5O4/c1-15(2)9-10-24-22(31)23(3)14-28-19(21(30)27(23)4)12-18(26-28)20(29)25-13-16-7-6-8-17(11-16)32-5/h6-8,11-12,15H,9-10,13-14H2,1-5H3,(H,24,31)(H,25,29)/t23-/m0/s1. The molecule has 0 radical (unpaired) electrons. The number of nitrogens with one attached hydrogen (secondary N) is 2. The number of fused-ring (bicyclic) bond motifs is 1. The maximum Gasteiger partial charge on any atom is 0.272 e. The number of amides is 3. The highest BCUT2D eigenvalue weighted by atomic mass is 16.5. The molecule has 0 aliphatic carbocycles. The molecule has 2 heterocycles. The van der Waals surface area contributed by atoms with Crippen molar-refractivity contribution in [2.75, 3.05) is 20.7 Å². The Labute approximate surface area is 188 Å². The molecule has 172 valence electrons. The number of carbonyl (C=O) groups excluding carboxylic acids is 3. The van der Waals surface area contributed by atoms with Crippen molar-refractivity contribution in [1.82, 2.24) is 25.3 Å². The third-order valence-electron chi connectivity index (χ3n) is 5.82. The minimum atomic E-state index is -1.10. The van der Waals surface area contributed by atoms with E-state index in [-0.39, 0.29) is 29.7 Å². The van der Waals surface area contributed by atoms with Crippen LogP contribution in [0.25, 0.3) is 0 Å². The molecule has 0 fully saturated rings. The van der Waals surface area contributed by atoms with Gasteiger partial charge in [-0.2, -0.15) is 5.10 Å². The summed E-state index contributed by atoms with van der Waals surface area (Å²) in [5.41, 5.74) is 0.199. The predicted octanol–water partition coefficient (Wildman–Crippen LogP) is 1.83. The number of nitrogens with zero attached hydrogens (tertiary/aromatic N) is 3. The Morgan fingerprint density at radius 3 is 2.69 bits per heavy atom. The lowest BCUT2D eigenvalue weighted by Gasteiger charge is -2.40. The van der Waals surface area contributed by atoms with Crippen LogP contribution in [0, 0.1) is 5.92 Å². The maximum absolute atomic E-state index is 12.9. The first-order valence-electron chi connectivity index (χ1n) is 10.7. The Morgan fingerprint density at radius 2 is 2.00 bits per heavy atom. The van der Waals surface area contributed by atoms with E-state index >= 15 is 0 Å². The summed E-state index contributed by atoms with van der Waals surface area (Å²) in [5, 5.41) is 10.0. The zero-order chi connectivity index (χ0) is 23.5. The first-order chi connectivity index (χ1) is 15.2. The van der Waals surface area contributed by atoms with E-state index in [1.54, 1.807) is 21.1 Å². The second-order valence-electron chi connectivity index (χ2n) is 8.68. The highest BCUT2D eigenvalue weighted by Crippen LogP contribution is 2.26. The summed E-state index contributed by atoms with van der Waals surface area (Å²) >= 11 is 0. The van der Waals surface area contributed by atoms with Crippen LogP contribution in [0.15, 0.2) is 30.3 Å². The minimum absolute atomic E-state index is 0.133. The zero-order valence-electron chi connectivity index (χ0n) is 19.3. The van der Waals surface area contributed by atoms with Crippen LogP contribution in [-0.4, -0.2) is 58.6 Å². The summed E-state index contributed by atoms with van der Waals surface area (Å²) < 4.78 is 6.64. The number of carbonyl (C=O) groups is 3. The predicted molar refractivity (Wildman–Crippen MR) is 119 cm³/mol. The second kappa shape index (κ2) is 9.42. The van der Waals surface area contributed by atoms with Gasteiger partial charge in [0.15, 0.2) is 5.69 Å². The van der Waals surface area contributed by atoms with Crippen molar-refractivity contribution in [2.24, 2.45) is 5.92 Å². The molecule has 9 nitrogen and oxygen atoms in total. The molecule has 9 heteroatoms. The number of benzene rings is 1. The van der Waals surface area contributed by atoms with E-state index in [0.29, 0.717) is 24.8 Å². The molecule has 2 aromatic rings. The third kappa shape index (κ3) is 4.76. The summed E-state index contributed by atoms with van der Waals surface area (Å²) in [6.07, 6.45) is 0.851. The molecule has 1 aromatic heterocycles. The minimum Gasteiger partial charge on any atom is -0.497 e.